The van der Waals surface area contributed by atoms with E-state index in [2.05, 4.69) is 10.3 Å². The van der Waals surface area contributed by atoms with E-state index < -0.39 is 10.0 Å². The Hall–Kier alpha value is -2.68. The van der Waals surface area contributed by atoms with Gasteiger partial charge in [-0.15, -0.1) is 11.8 Å². The highest BCUT2D eigenvalue weighted by Crippen LogP contribution is 2.28. The number of carbonyl (C=O) groups excluding carboxylic acids is 1. The molecule has 1 N–H and O–H groups in total. The number of nitrogens with one attached hydrogen (secondary N) is 1. The van der Waals surface area contributed by atoms with E-state index in [0.717, 1.165) is 33.0 Å². The Morgan fingerprint density at radius 1 is 1.09 bits per heavy atom. The third-order valence-corrected chi connectivity index (χ3v) is 9.17. The summed E-state index contributed by atoms with van der Waals surface area (Å²) in [5, 5.41) is 2.99. The monoisotopic (exact) mass is 495 g/mol. The van der Waals surface area contributed by atoms with Gasteiger partial charge in [0.2, 0.25) is 15.9 Å². The average Bonchev–Trinajstić information content (AvgIpc) is 2.84. The lowest BCUT2D eigenvalue weighted by Gasteiger charge is -2.31. The fourth-order valence-corrected chi connectivity index (χ4v) is 6.62. The van der Waals surface area contributed by atoms with Crippen LogP contribution in [0, 0.1) is 19.8 Å². The molecule has 2 heterocycles. The van der Waals surface area contributed by atoms with E-state index in [0.29, 0.717) is 30.8 Å². The van der Waals surface area contributed by atoms with Crippen LogP contribution in [-0.2, 0) is 20.6 Å². The molecule has 0 unspecified atom stereocenters. The fraction of sp³-hybridized carbons (Fsp3) is 0.308. The lowest BCUT2D eigenvalue weighted by atomic mass is 9.97. The van der Waals surface area contributed by atoms with Crippen molar-refractivity contribution in [3.05, 3.63) is 83.7 Å². The van der Waals surface area contributed by atoms with Crippen LogP contribution in [0.3, 0.4) is 0 Å². The molecular formula is C26H29N3O3S2. The van der Waals surface area contributed by atoms with E-state index in [1.165, 1.54) is 4.31 Å². The second kappa shape index (κ2) is 10.7. The van der Waals surface area contributed by atoms with Gasteiger partial charge in [-0.3, -0.25) is 9.78 Å². The number of aromatic nitrogens is 1. The number of sulfonamides is 1. The number of anilines is 1. The van der Waals surface area contributed by atoms with Crippen LogP contribution < -0.4 is 5.32 Å². The van der Waals surface area contributed by atoms with Gasteiger partial charge < -0.3 is 5.32 Å². The minimum absolute atomic E-state index is 0.0562. The molecule has 1 aliphatic rings. The van der Waals surface area contributed by atoms with Crippen molar-refractivity contribution in [2.75, 3.05) is 18.4 Å². The molecule has 1 amide bonds. The zero-order valence-electron chi connectivity index (χ0n) is 19.4. The van der Waals surface area contributed by atoms with Crippen molar-refractivity contribution >= 4 is 33.4 Å². The van der Waals surface area contributed by atoms with Crippen LogP contribution in [0.25, 0.3) is 0 Å². The Morgan fingerprint density at radius 2 is 1.82 bits per heavy atom. The van der Waals surface area contributed by atoms with Gasteiger partial charge in [0.05, 0.1) is 4.90 Å². The van der Waals surface area contributed by atoms with E-state index >= 15 is 0 Å². The van der Waals surface area contributed by atoms with Crippen LogP contribution in [0.1, 0.15) is 29.5 Å². The summed E-state index contributed by atoms with van der Waals surface area (Å²) in [6.45, 7) is 4.46. The third-order valence-electron chi connectivity index (χ3n) is 6.02. The molecule has 178 valence electrons. The van der Waals surface area contributed by atoms with Crippen LogP contribution in [0.4, 0.5) is 5.69 Å². The molecule has 0 aliphatic carbocycles. The number of hydrogen-bond donors (Lipinski definition) is 1. The van der Waals surface area contributed by atoms with Gasteiger partial charge in [0.1, 0.15) is 0 Å². The fourth-order valence-electron chi connectivity index (χ4n) is 4.12. The SMILES string of the molecule is Cc1ccc(S(=O)(=O)N2CCC(C(=O)Nc3ccc(SCc4cccnc4)cc3)CC2)c(C)c1. The lowest BCUT2D eigenvalue weighted by molar-refractivity contribution is -0.120. The first-order valence-electron chi connectivity index (χ1n) is 11.3. The second-order valence-electron chi connectivity index (χ2n) is 8.61. The van der Waals surface area contributed by atoms with E-state index in [4.69, 9.17) is 0 Å². The number of hydrogen-bond acceptors (Lipinski definition) is 5. The van der Waals surface area contributed by atoms with Crippen molar-refractivity contribution in [2.45, 2.75) is 42.2 Å². The molecule has 4 rings (SSSR count). The summed E-state index contributed by atoms with van der Waals surface area (Å²) in [6, 6.07) is 17.2. The first kappa shape index (κ1) is 24.4. The minimum atomic E-state index is -3.55. The Bertz CT molecular complexity index is 1240. The van der Waals surface area contributed by atoms with Gasteiger partial charge >= 0.3 is 0 Å². The smallest absolute Gasteiger partial charge is 0.243 e. The van der Waals surface area contributed by atoms with Crippen LogP contribution in [-0.4, -0.2) is 36.7 Å². The molecule has 1 aromatic heterocycles. The maximum absolute atomic E-state index is 13.1. The number of aryl methyl sites for hydroxylation is 2. The number of pyridine rings is 1. The first-order chi connectivity index (χ1) is 16.3. The summed E-state index contributed by atoms with van der Waals surface area (Å²) in [7, 11) is -3.55. The second-order valence-corrected chi connectivity index (χ2v) is 11.6. The molecule has 2 aromatic carbocycles. The van der Waals surface area contributed by atoms with E-state index in [-0.39, 0.29) is 11.8 Å². The van der Waals surface area contributed by atoms with Crippen molar-refractivity contribution in [2.24, 2.45) is 5.92 Å². The Balaban J connectivity index is 1.29. The molecule has 6 nitrogen and oxygen atoms in total. The van der Waals surface area contributed by atoms with Gasteiger partial charge in [-0.1, -0.05) is 23.8 Å². The van der Waals surface area contributed by atoms with Gasteiger partial charge in [0.15, 0.2) is 0 Å². The van der Waals surface area contributed by atoms with E-state index in [9.17, 15) is 13.2 Å². The molecule has 0 saturated carbocycles. The number of carbonyl (C=O) groups is 1. The predicted octanol–water partition coefficient (Wildman–Crippen LogP) is 5.03. The largest absolute Gasteiger partial charge is 0.326 e. The summed E-state index contributed by atoms with van der Waals surface area (Å²) in [5.41, 5.74) is 3.70. The van der Waals surface area contributed by atoms with Crippen molar-refractivity contribution in [1.82, 2.24) is 9.29 Å². The van der Waals surface area contributed by atoms with Gasteiger partial charge in [-0.25, -0.2) is 8.42 Å². The molecule has 0 bridgehead atoms. The Labute approximate surface area is 205 Å². The van der Waals surface area contributed by atoms with Gasteiger partial charge in [-0.2, -0.15) is 4.31 Å². The van der Waals surface area contributed by atoms with Crippen LogP contribution >= 0.6 is 11.8 Å². The summed E-state index contributed by atoms with van der Waals surface area (Å²) in [6.07, 6.45) is 4.64. The molecule has 0 atom stereocenters. The highest BCUT2D eigenvalue weighted by molar-refractivity contribution is 7.98. The van der Waals surface area contributed by atoms with E-state index in [1.54, 1.807) is 24.0 Å². The summed E-state index contributed by atoms with van der Waals surface area (Å²) >= 11 is 1.72. The number of amides is 1. The highest BCUT2D eigenvalue weighted by atomic mass is 32.2. The number of benzene rings is 2. The Kier molecular flexibility index (Phi) is 7.70. The molecule has 34 heavy (non-hydrogen) atoms. The zero-order chi connectivity index (χ0) is 24.1. The summed E-state index contributed by atoms with van der Waals surface area (Å²) in [4.78, 5) is 18.4. The molecule has 0 spiro atoms. The van der Waals surface area contributed by atoms with Crippen LogP contribution in [0.2, 0.25) is 0 Å². The number of thioether (sulfide) groups is 1. The molecule has 3 aromatic rings. The summed E-state index contributed by atoms with van der Waals surface area (Å²) < 4.78 is 27.7. The van der Waals surface area contributed by atoms with Crippen molar-refractivity contribution in [1.29, 1.82) is 0 Å². The van der Waals surface area contributed by atoms with Gasteiger partial charge in [0, 0.05) is 47.7 Å². The first-order valence-corrected chi connectivity index (χ1v) is 13.8. The number of nitrogens with zero attached hydrogens (tertiary/aromatic N) is 2. The summed E-state index contributed by atoms with van der Waals surface area (Å²) in [5.74, 6) is 0.577. The van der Waals surface area contributed by atoms with Crippen LogP contribution in [0.15, 0.2) is 76.8 Å². The molecule has 1 saturated heterocycles. The van der Waals surface area contributed by atoms with Gasteiger partial charge in [-0.05, 0) is 74.2 Å². The Morgan fingerprint density at radius 3 is 2.47 bits per heavy atom. The third kappa shape index (κ3) is 5.87. The maximum atomic E-state index is 13.1. The topological polar surface area (TPSA) is 79.4 Å². The molecule has 1 aliphatic heterocycles. The van der Waals surface area contributed by atoms with Crippen LogP contribution in [0.5, 0.6) is 0 Å². The molecule has 0 radical (unpaired) electrons. The van der Waals surface area contributed by atoms with Gasteiger partial charge in [0.25, 0.3) is 0 Å². The van der Waals surface area contributed by atoms with Crippen molar-refractivity contribution < 1.29 is 13.2 Å². The average molecular weight is 496 g/mol. The molecular weight excluding hydrogens is 466 g/mol. The van der Waals surface area contributed by atoms with Crippen molar-refractivity contribution in [3.8, 4) is 0 Å². The number of piperidine rings is 1. The van der Waals surface area contributed by atoms with Crippen molar-refractivity contribution in [3.63, 3.8) is 0 Å². The standard InChI is InChI=1S/C26H29N3O3S2/c1-19-5-10-25(20(2)16-19)34(31,32)29-14-11-22(12-15-29)26(30)28-23-6-8-24(9-7-23)33-18-21-4-3-13-27-17-21/h3-10,13,16-17,22H,11-12,14-15,18H2,1-2H3,(H,28,30). The lowest BCUT2D eigenvalue weighted by Crippen LogP contribution is -2.41. The van der Waals surface area contributed by atoms with E-state index in [1.807, 2.05) is 68.6 Å². The maximum Gasteiger partial charge on any atom is 0.243 e. The predicted molar refractivity (Wildman–Crippen MR) is 136 cm³/mol. The molecule has 1 fully saturated rings. The number of rotatable bonds is 7. The quantitative estimate of drug-likeness (QED) is 0.465. The normalized spacial score (nSPS) is 15.2. The molecule has 8 heteroatoms. The minimum Gasteiger partial charge on any atom is -0.326 e. The highest BCUT2D eigenvalue weighted by Gasteiger charge is 2.32. The zero-order valence-corrected chi connectivity index (χ0v) is 21.0.